The van der Waals surface area contributed by atoms with E-state index in [9.17, 15) is 0 Å². The van der Waals surface area contributed by atoms with Crippen LogP contribution in [0.4, 0.5) is 0 Å². The Bertz CT molecular complexity index is 251. The Labute approximate surface area is 108 Å². The molecule has 1 aromatic carbocycles. The quantitative estimate of drug-likeness (QED) is 0.587. The van der Waals surface area contributed by atoms with Crippen LogP contribution in [0.25, 0.3) is 0 Å². The summed E-state index contributed by atoms with van der Waals surface area (Å²) in [5.41, 5.74) is 4.99. The van der Waals surface area contributed by atoms with Crippen LogP contribution in [0.5, 0.6) is 0 Å². The molecule has 0 amide bonds. The highest BCUT2D eigenvalue weighted by Gasteiger charge is 2.06. The predicted molar refractivity (Wildman–Crippen MR) is 77.2 cm³/mol. The van der Waals surface area contributed by atoms with Crippen molar-refractivity contribution in [2.75, 3.05) is 0 Å². The maximum atomic E-state index is 4.31. The second kappa shape index (κ2) is 6.26. The number of benzene rings is 1. The highest BCUT2D eigenvalue weighted by atomic mass is 32.1. The van der Waals surface area contributed by atoms with Crippen molar-refractivity contribution in [2.45, 2.75) is 23.0 Å². The van der Waals surface area contributed by atoms with E-state index in [4.69, 9.17) is 0 Å². The molecule has 0 N–H and O–H groups in total. The third-order valence-electron chi connectivity index (χ3n) is 2.20. The van der Waals surface area contributed by atoms with Gasteiger partial charge in [-0.1, -0.05) is 12.1 Å². The fourth-order valence-electron chi connectivity index (χ4n) is 1.38. The second-order valence-corrected chi connectivity index (χ2v) is 4.29. The molecule has 0 fully saturated rings. The molecule has 0 spiro atoms. The van der Waals surface area contributed by atoms with Crippen LogP contribution in [-0.2, 0) is 23.0 Å². The SMILES string of the molecule is SCc1cc(CS)c(CS)cc1CS. The third-order valence-corrected chi connectivity index (χ3v) is 3.57. The highest BCUT2D eigenvalue weighted by Crippen LogP contribution is 2.22. The van der Waals surface area contributed by atoms with Crippen molar-refractivity contribution in [3.05, 3.63) is 34.4 Å². The van der Waals surface area contributed by atoms with Crippen molar-refractivity contribution in [3.8, 4) is 0 Å². The van der Waals surface area contributed by atoms with Crippen LogP contribution in [0.1, 0.15) is 22.3 Å². The van der Waals surface area contributed by atoms with Crippen LogP contribution in [0, 0.1) is 0 Å². The maximum Gasteiger partial charge on any atom is 0.0157 e. The number of hydrogen-bond donors (Lipinski definition) is 4. The van der Waals surface area contributed by atoms with E-state index < -0.39 is 0 Å². The summed E-state index contributed by atoms with van der Waals surface area (Å²) in [7, 11) is 0. The molecule has 0 bridgehead atoms. The van der Waals surface area contributed by atoms with Crippen molar-refractivity contribution in [1.29, 1.82) is 0 Å². The molecule has 0 atom stereocenters. The zero-order valence-electron chi connectivity index (χ0n) is 7.77. The smallest absolute Gasteiger partial charge is 0.0157 e. The monoisotopic (exact) mass is 262 g/mol. The van der Waals surface area contributed by atoms with Crippen LogP contribution in [-0.4, -0.2) is 0 Å². The second-order valence-electron chi connectivity index (χ2n) is 3.02. The summed E-state index contributed by atoms with van der Waals surface area (Å²) in [6.45, 7) is 0. The van der Waals surface area contributed by atoms with Crippen LogP contribution < -0.4 is 0 Å². The van der Waals surface area contributed by atoms with Crippen molar-refractivity contribution in [2.24, 2.45) is 0 Å². The molecule has 1 rings (SSSR count). The minimum atomic E-state index is 0.753. The molecule has 0 unspecified atom stereocenters. The van der Waals surface area contributed by atoms with Crippen LogP contribution in [0.3, 0.4) is 0 Å². The average molecular weight is 262 g/mol. The Hall–Kier alpha value is 0.620. The summed E-state index contributed by atoms with van der Waals surface area (Å²) >= 11 is 17.2. The predicted octanol–water partition coefficient (Wildman–Crippen LogP) is 3.41. The Balaban J connectivity index is 3.20. The molecule has 0 aliphatic heterocycles. The Morgan fingerprint density at radius 3 is 0.929 bits per heavy atom. The summed E-state index contributed by atoms with van der Waals surface area (Å²) in [5.74, 6) is 3.01. The van der Waals surface area contributed by atoms with E-state index >= 15 is 0 Å². The van der Waals surface area contributed by atoms with Gasteiger partial charge in [0.2, 0.25) is 0 Å². The van der Waals surface area contributed by atoms with E-state index in [-0.39, 0.29) is 0 Å². The van der Waals surface area contributed by atoms with E-state index in [0.29, 0.717) is 0 Å². The van der Waals surface area contributed by atoms with Gasteiger partial charge in [0.1, 0.15) is 0 Å². The Morgan fingerprint density at radius 2 is 0.786 bits per heavy atom. The summed E-state index contributed by atoms with van der Waals surface area (Å²) < 4.78 is 0. The standard InChI is InChI=1S/C10H14S4/c11-3-7-1-8(4-12)10(6-14)2-9(7)5-13/h1-2,11-14H,3-6H2. The molecule has 0 nitrogen and oxygen atoms in total. The van der Waals surface area contributed by atoms with E-state index in [1.165, 1.54) is 22.3 Å². The summed E-state index contributed by atoms with van der Waals surface area (Å²) in [5, 5.41) is 0. The molecule has 0 aliphatic rings. The Kier molecular flexibility index (Phi) is 5.67. The molecule has 4 heteroatoms. The summed E-state index contributed by atoms with van der Waals surface area (Å²) in [6, 6.07) is 4.33. The molecule has 0 aromatic heterocycles. The van der Waals surface area contributed by atoms with E-state index in [1.807, 2.05) is 0 Å². The van der Waals surface area contributed by atoms with Crippen LogP contribution in [0.2, 0.25) is 0 Å². The molecule has 0 saturated carbocycles. The molecule has 78 valence electrons. The number of hydrogen-bond acceptors (Lipinski definition) is 4. The summed E-state index contributed by atoms with van der Waals surface area (Å²) in [4.78, 5) is 0. The Morgan fingerprint density at radius 1 is 0.571 bits per heavy atom. The first-order chi connectivity index (χ1) is 6.76. The lowest BCUT2D eigenvalue weighted by atomic mass is 10.0. The zero-order valence-corrected chi connectivity index (χ0v) is 11.3. The first-order valence-corrected chi connectivity index (χ1v) is 6.86. The van der Waals surface area contributed by atoms with Gasteiger partial charge in [0.15, 0.2) is 0 Å². The van der Waals surface area contributed by atoms with Gasteiger partial charge in [0, 0.05) is 23.0 Å². The van der Waals surface area contributed by atoms with Gasteiger partial charge in [-0.2, -0.15) is 50.5 Å². The molecule has 1 aromatic rings. The lowest BCUT2D eigenvalue weighted by molar-refractivity contribution is 1.20. The topological polar surface area (TPSA) is 0 Å². The van der Waals surface area contributed by atoms with Gasteiger partial charge in [-0.05, 0) is 22.3 Å². The normalized spacial score (nSPS) is 10.6. The lowest BCUT2D eigenvalue weighted by Crippen LogP contribution is -1.96. The lowest BCUT2D eigenvalue weighted by Gasteiger charge is -2.11. The molecule has 0 saturated heterocycles. The van der Waals surface area contributed by atoms with Crippen molar-refractivity contribution < 1.29 is 0 Å². The van der Waals surface area contributed by atoms with Gasteiger partial charge < -0.3 is 0 Å². The van der Waals surface area contributed by atoms with Gasteiger partial charge >= 0.3 is 0 Å². The maximum absolute atomic E-state index is 4.31. The van der Waals surface area contributed by atoms with Crippen molar-refractivity contribution in [3.63, 3.8) is 0 Å². The van der Waals surface area contributed by atoms with Crippen LogP contribution in [0.15, 0.2) is 12.1 Å². The number of thiol groups is 4. The first-order valence-electron chi connectivity index (χ1n) is 4.33. The third kappa shape index (κ3) is 2.81. The van der Waals surface area contributed by atoms with Gasteiger partial charge in [0.25, 0.3) is 0 Å². The first kappa shape index (κ1) is 12.7. The molecule has 0 radical (unpaired) electrons. The van der Waals surface area contributed by atoms with E-state index in [1.54, 1.807) is 0 Å². The minimum Gasteiger partial charge on any atom is -0.175 e. The van der Waals surface area contributed by atoms with Crippen LogP contribution >= 0.6 is 50.5 Å². The van der Waals surface area contributed by atoms with Gasteiger partial charge in [-0.3, -0.25) is 0 Å². The fraction of sp³-hybridized carbons (Fsp3) is 0.400. The molecular weight excluding hydrogens is 248 g/mol. The van der Waals surface area contributed by atoms with Gasteiger partial charge in [-0.15, -0.1) is 0 Å². The van der Waals surface area contributed by atoms with Gasteiger partial charge in [0.05, 0.1) is 0 Å². The molecule has 14 heavy (non-hydrogen) atoms. The highest BCUT2D eigenvalue weighted by molar-refractivity contribution is 7.80. The average Bonchev–Trinajstić information content (AvgIpc) is 2.26. The molecule has 0 aliphatic carbocycles. The van der Waals surface area contributed by atoms with E-state index in [2.05, 4.69) is 62.6 Å². The fourth-order valence-corrected chi connectivity index (χ4v) is 2.56. The largest absolute Gasteiger partial charge is 0.175 e. The van der Waals surface area contributed by atoms with E-state index in [0.717, 1.165) is 23.0 Å². The zero-order chi connectivity index (χ0) is 10.6. The molecular formula is C10H14S4. The molecule has 0 heterocycles. The van der Waals surface area contributed by atoms with Crippen molar-refractivity contribution >= 4 is 50.5 Å². The number of rotatable bonds is 4. The van der Waals surface area contributed by atoms with Crippen molar-refractivity contribution in [1.82, 2.24) is 0 Å². The summed E-state index contributed by atoms with van der Waals surface area (Å²) in [6.07, 6.45) is 0. The van der Waals surface area contributed by atoms with Gasteiger partial charge in [-0.25, -0.2) is 0 Å². The minimum absolute atomic E-state index is 0.753.